The van der Waals surface area contributed by atoms with Crippen molar-refractivity contribution < 1.29 is 24.0 Å². The predicted molar refractivity (Wildman–Crippen MR) is 130 cm³/mol. The molecule has 4 rings (SSSR count). The number of nitrogens with one attached hydrogen (secondary N) is 1. The Bertz CT molecular complexity index is 1330. The van der Waals surface area contributed by atoms with Crippen molar-refractivity contribution in [3.05, 3.63) is 94.8 Å². The SMILES string of the molecule is CCOc1ccc(NC(=O)COC(=O)c2nc(-c3ccccc3)n(-c3ccccc3)n2)c([N+](=O)[O-])c1. The van der Waals surface area contributed by atoms with Gasteiger partial charge in [-0.25, -0.2) is 14.5 Å². The van der Waals surface area contributed by atoms with Gasteiger partial charge < -0.3 is 14.8 Å². The first-order chi connectivity index (χ1) is 17.5. The number of aromatic nitrogens is 3. The number of nitro groups is 1. The van der Waals surface area contributed by atoms with Gasteiger partial charge in [-0.2, -0.15) is 0 Å². The number of rotatable bonds is 9. The van der Waals surface area contributed by atoms with E-state index in [-0.39, 0.29) is 17.2 Å². The number of nitrogens with zero attached hydrogens (tertiary/aromatic N) is 4. The number of carbonyl (C=O) groups is 2. The second-order valence-corrected chi connectivity index (χ2v) is 7.37. The van der Waals surface area contributed by atoms with Gasteiger partial charge >= 0.3 is 5.97 Å². The van der Waals surface area contributed by atoms with E-state index in [0.717, 1.165) is 5.56 Å². The van der Waals surface area contributed by atoms with Crippen molar-refractivity contribution in [3.8, 4) is 22.8 Å². The molecular formula is C25H21N5O6. The number of hydrogen-bond acceptors (Lipinski definition) is 8. The average molecular weight is 487 g/mol. The summed E-state index contributed by atoms with van der Waals surface area (Å²) in [4.78, 5) is 40.1. The zero-order valence-electron chi connectivity index (χ0n) is 19.2. The van der Waals surface area contributed by atoms with E-state index in [1.165, 1.54) is 22.9 Å². The second kappa shape index (κ2) is 10.9. The molecule has 1 heterocycles. The minimum Gasteiger partial charge on any atom is -0.494 e. The summed E-state index contributed by atoms with van der Waals surface area (Å²) < 4.78 is 11.8. The fourth-order valence-corrected chi connectivity index (χ4v) is 3.33. The van der Waals surface area contributed by atoms with Gasteiger partial charge in [0.2, 0.25) is 0 Å². The highest BCUT2D eigenvalue weighted by molar-refractivity contribution is 5.96. The minimum absolute atomic E-state index is 0.0534. The van der Waals surface area contributed by atoms with E-state index in [1.54, 1.807) is 6.92 Å². The molecule has 0 atom stereocenters. The molecule has 182 valence electrons. The third kappa shape index (κ3) is 5.53. The van der Waals surface area contributed by atoms with Crippen LogP contribution in [0.15, 0.2) is 78.9 Å². The summed E-state index contributed by atoms with van der Waals surface area (Å²) in [7, 11) is 0. The molecule has 0 aliphatic heterocycles. The van der Waals surface area contributed by atoms with Crippen LogP contribution in [0.4, 0.5) is 11.4 Å². The molecule has 4 aromatic rings. The van der Waals surface area contributed by atoms with Crippen molar-refractivity contribution in [2.24, 2.45) is 0 Å². The Balaban J connectivity index is 1.49. The fourth-order valence-electron chi connectivity index (χ4n) is 3.33. The molecule has 0 saturated carbocycles. The van der Waals surface area contributed by atoms with Crippen molar-refractivity contribution in [3.63, 3.8) is 0 Å². The van der Waals surface area contributed by atoms with Crippen molar-refractivity contribution >= 4 is 23.3 Å². The van der Waals surface area contributed by atoms with Crippen molar-refractivity contribution in [1.29, 1.82) is 0 Å². The van der Waals surface area contributed by atoms with Crippen LogP contribution in [0.1, 0.15) is 17.5 Å². The molecule has 0 unspecified atom stereocenters. The summed E-state index contributed by atoms with van der Waals surface area (Å²) in [6, 6.07) is 22.4. The van der Waals surface area contributed by atoms with Gasteiger partial charge in [0.25, 0.3) is 17.4 Å². The Kier molecular flexibility index (Phi) is 7.30. The first kappa shape index (κ1) is 24.1. The molecule has 0 saturated heterocycles. The van der Waals surface area contributed by atoms with Crippen LogP contribution in [0.2, 0.25) is 0 Å². The number of benzene rings is 3. The molecular weight excluding hydrogens is 466 g/mol. The smallest absolute Gasteiger partial charge is 0.378 e. The third-order valence-corrected chi connectivity index (χ3v) is 4.91. The zero-order valence-corrected chi connectivity index (χ0v) is 19.2. The van der Waals surface area contributed by atoms with Gasteiger partial charge in [-0.15, -0.1) is 5.10 Å². The largest absolute Gasteiger partial charge is 0.494 e. The van der Waals surface area contributed by atoms with Crippen LogP contribution in [-0.2, 0) is 9.53 Å². The molecule has 36 heavy (non-hydrogen) atoms. The molecule has 0 spiro atoms. The van der Waals surface area contributed by atoms with Crippen LogP contribution < -0.4 is 10.1 Å². The summed E-state index contributed by atoms with van der Waals surface area (Å²) in [5.74, 6) is -1.21. The summed E-state index contributed by atoms with van der Waals surface area (Å²) in [5, 5.41) is 18.0. The Morgan fingerprint density at radius 3 is 2.39 bits per heavy atom. The molecule has 0 aliphatic carbocycles. The number of anilines is 1. The maximum atomic E-state index is 12.7. The van der Waals surface area contributed by atoms with Gasteiger partial charge in [0.15, 0.2) is 12.4 Å². The minimum atomic E-state index is -0.918. The molecule has 1 aromatic heterocycles. The normalized spacial score (nSPS) is 10.5. The molecule has 3 aromatic carbocycles. The van der Waals surface area contributed by atoms with E-state index in [4.69, 9.17) is 9.47 Å². The zero-order chi connectivity index (χ0) is 25.5. The van der Waals surface area contributed by atoms with Gasteiger partial charge in [0.05, 0.1) is 23.3 Å². The average Bonchev–Trinajstić information content (AvgIpc) is 3.35. The van der Waals surface area contributed by atoms with E-state index < -0.39 is 23.4 Å². The van der Waals surface area contributed by atoms with Crippen LogP contribution in [0.25, 0.3) is 17.1 Å². The number of amides is 1. The second-order valence-electron chi connectivity index (χ2n) is 7.37. The van der Waals surface area contributed by atoms with E-state index in [9.17, 15) is 19.7 Å². The van der Waals surface area contributed by atoms with Gasteiger partial charge in [-0.05, 0) is 31.2 Å². The number of nitro benzene ring substituents is 1. The van der Waals surface area contributed by atoms with Crippen LogP contribution >= 0.6 is 0 Å². The quantitative estimate of drug-likeness (QED) is 0.212. The highest BCUT2D eigenvalue weighted by Crippen LogP contribution is 2.29. The molecule has 0 fully saturated rings. The van der Waals surface area contributed by atoms with E-state index in [0.29, 0.717) is 23.9 Å². The van der Waals surface area contributed by atoms with Crippen LogP contribution in [0.3, 0.4) is 0 Å². The lowest BCUT2D eigenvalue weighted by molar-refractivity contribution is -0.384. The maximum Gasteiger partial charge on any atom is 0.378 e. The van der Waals surface area contributed by atoms with Crippen LogP contribution in [0, 0.1) is 10.1 Å². The van der Waals surface area contributed by atoms with Crippen molar-refractivity contribution in [2.45, 2.75) is 6.92 Å². The lowest BCUT2D eigenvalue weighted by Gasteiger charge is -2.08. The summed E-state index contributed by atoms with van der Waals surface area (Å²) in [5.41, 5.74) is 1.01. The molecule has 11 nitrogen and oxygen atoms in total. The van der Waals surface area contributed by atoms with Gasteiger partial charge in [0.1, 0.15) is 11.4 Å². The maximum absolute atomic E-state index is 12.7. The first-order valence-electron chi connectivity index (χ1n) is 10.9. The lowest BCUT2D eigenvalue weighted by atomic mass is 10.2. The topological polar surface area (TPSA) is 138 Å². The van der Waals surface area contributed by atoms with Crippen LogP contribution in [0.5, 0.6) is 5.75 Å². The molecule has 1 amide bonds. The Morgan fingerprint density at radius 2 is 1.72 bits per heavy atom. The van der Waals surface area contributed by atoms with Crippen molar-refractivity contribution in [2.75, 3.05) is 18.5 Å². The Morgan fingerprint density at radius 1 is 1.03 bits per heavy atom. The summed E-state index contributed by atoms with van der Waals surface area (Å²) in [6.45, 7) is 1.39. The number of carbonyl (C=O) groups excluding carboxylic acids is 2. The highest BCUT2D eigenvalue weighted by Gasteiger charge is 2.22. The summed E-state index contributed by atoms with van der Waals surface area (Å²) >= 11 is 0. The standard InChI is InChI=1S/C25H21N5O6/c1-2-35-19-13-14-20(21(15-19)30(33)34)26-22(31)16-36-25(32)23-27-24(17-9-5-3-6-10-17)29(28-23)18-11-7-4-8-12-18/h3-15H,2,16H2,1H3,(H,26,31). The third-order valence-electron chi connectivity index (χ3n) is 4.91. The lowest BCUT2D eigenvalue weighted by Crippen LogP contribution is -2.22. The number of ether oxygens (including phenoxy) is 2. The van der Waals surface area contributed by atoms with Gasteiger partial charge in [0, 0.05) is 5.56 Å². The van der Waals surface area contributed by atoms with Gasteiger partial charge in [-0.1, -0.05) is 48.5 Å². The van der Waals surface area contributed by atoms with Crippen LogP contribution in [-0.4, -0.2) is 44.8 Å². The van der Waals surface area contributed by atoms with Gasteiger partial charge in [-0.3, -0.25) is 14.9 Å². The number of hydrogen-bond donors (Lipinski definition) is 1. The molecule has 0 aliphatic rings. The van der Waals surface area contributed by atoms with E-state index >= 15 is 0 Å². The first-order valence-corrected chi connectivity index (χ1v) is 10.9. The van der Waals surface area contributed by atoms with E-state index in [2.05, 4.69) is 15.4 Å². The highest BCUT2D eigenvalue weighted by atomic mass is 16.6. The monoisotopic (exact) mass is 487 g/mol. The number of esters is 1. The molecule has 0 radical (unpaired) electrons. The molecule has 1 N–H and O–H groups in total. The van der Waals surface area contributed by atoms with E-state index in [1.807, 2.05) is 60.7 Å². The van der Waals surface area contributed by atoms with Crippen molar-refractivity contribution in [1.82, 2.24) is 14.8 Å². The molecule has 0 bridgehead atoms. The predicted octanol–water partition coefficient (Wildman–Crippen LogP) is 4.04. The molecule has 11 heteroatoms. The summed E-state index contributed by atoms with van der Waals surface area (Å²) in [6.07, 6.45) is 0. The Labute approximate surface area is 205 Å². The number of para-hydroxylation sites is 1. The fraction of sp³-hybridized carbons (Fsp3) is 0.120. The Hall–Kier alpha value is -5.06.